The van der Waals surface area contributed by atoms with E-state index < -0.39 is 16.1 Å². The fourth-order valence-corrected chi connectivity index (χ4v) is 2.89. The van der Waals surface area contributed by atoms with Gasteiger partial charge in [-0.3, -0.25) is 0 Å². The SMILES string of the molecule is Cc1ccc(S(=O)(=O)N(CCCCO)C(N)=O)cc1. The van der Waals surface area contributed by atoms with Gasteiger partial charge in [0.1, 0.15) is 0 Å². The zero-order valence-corrected chi connectivity index (χ0v) is 11.6. The minimum absolute atomic E-state index is 0.0286. The van der Waals surface area contributed by atoms with Gasteiger partial charge in [0.15, 0.2) is 0 Å². The van der Waals surface area contributed by atoms with E-state index in [1.54, 1.807) is 12.1 Å². The normalized spacial score (nSPS) is 11.3. The predicted molar refractivity (Wildman–Crippen MR) is 71.0 cm³/mol. The van der Waals surface area contributed by atoms with Crippen molar-refractivity contribution >= 4 is 16.1 Å². The van der Waals surface area contributed by atoms with Crippen molar-refractivity contribution in [1.29, 1.82) is 0 Å². The van der Waals surface area contributed by atoms with Gasteiger partial charge < -0.3 is 10.8 Å². The molecule has 2 amide bonds. The molecular formula is C12H18N2O4S. The molecule has 1 rings (SSSR count). The van der Waals surface area contributed by atoms with Gasteiger partial charge in [-0.25, -0.2) is 17.5 Å². The molecule has 0 heterocycles. The van der Waals surface area contributed by atoms with Gasteiger partial charge in [0.25, 0.3) is 10.0 Å². The number of aliphatic hydroxyl groups excluding tert-OH is 1. The van der Waals surface area contributed by atoms with Gasteiger partial charge in [0.2, 0.25) is 0 Å². The van der Waals surface area contributed by atoms with Crippen molar-refractivity contribution in [1.82, 2.24) is 4.31 Å². The van der Waals surface area contributed by atoms with Crippen LogP contribution in [0.25, 0.3) is 0 Å². The van der Waals surface area contributed by atoms with Gasteiger partial charge >= 0.3 is 6.03 Å². The lowest BCUT2D eigenvalue weighted by atomic mass is 10.2. The molecule has 3 N–H and O–H groups in total. The fourth-order valence-electron chi connectivity index (χ4n) is 1.55. The number of carbonyl (C=O) groups is 1. The highest BCUT2D eigenvalue weighted by atomic mass is 32.2. The van der Waals surface area contributed by atoms with Crippen LogP contribution in [-0.4, -0.2) is 37.0 Å². The highest BCUT2D eigenvalue weighted by Gasteiger charge is 2.26. The number of nitrogens with zero attached hydrogens (tertiary/aromatic N) is 1. The average Bonchev–Trinajstić information content (AvgIpc) is 2.34. The first-order chi connectivity index (χ1) is 8.89. The lowest BCUT2D eigenvalue weighted by molar-refractivity contribution is 0.228. The fraction of sp³-hybridized carbons (Fsp3) is 0.417. The zero-order valence-electron chi connectivity index (χ0n) is 10.7. The van der Waals surface area contributed by atoms with Crippen molar-refractivity contribution in [3.8, 4) is 0 Å². The third kappa shape index (κ3) is 3.93. The van der Waals surface area contributed by atoms with Crippen LogP contribution >= 0.6 is 0 Å². The van der Waals surface area contributed by atoms with Gasteiger partial charge in [-0.2, -0.15) is 0 Å². The smallest absolute Gasteiger partial charge is 0.328 e. The maximum Gasteiger partial charge on any atom is 0.328 e. The van der Waals surface area contributed by atoms with Gasteiger partial charge in [-0.05, 0) is 31.9 Å². The quantitative estimate of drug-likeness (QED) is 0.756. The summed E-state index contributed by atoms with van der Waals surface area (Å²) in [7, 11) is -3.92. The molecule has 0 aliphatic carbocycles. The molecule has 0 aromatic heterocycles. The Morgan fingerprint density at radius 1 is 1.26 bits per heavy atom. The molecule has 1 aromatic rings. The summed E-state index contributed by atoms with van der Waals surface area (Å²) in [5, 5.41) is 8.68. The van der Waals surface area contributed by atoms with Crippen LogP contribution in [0, 0.1) is 6.92 Å². The monoisotopic (exact) mass is 286 g/mol. The molecule has 0 saturated carbocycles. The summed E-state index contributed by atoms with van der Waals surface area (Å²) in [5.41, 5.74) is 6.04. The highest BCUT2D eigenvalue weighted by Crippen LogP contribution is 2.16. The number of aryl methyl sites for hydroxylation is 1. The second-order valence-corrected chi connectivity index (χ2v) is 6.02. The van der Waals surface area contributed by atoms with E-state index in [2.05, 4.69) is 0 Å². The van der Waals surface area contributed by atoms with Crippen LogP contribution in [0.2, 0.25) is 0 Å². The Bertz CT molecular complexity index is 525. The second kappa shape index (κ2) is 6.53. The minimum atomic E-state index is -3.92. The number of unbranched alkanes of at least 4 members (excludes halogenated alkanes) is 1. The molecule has 0 aliphatic heterocycles. The van der Waals surface area contributed by atoms with Crippen LogP contribution in [0.4, 0.5) is 4.79 Å². The number of rotatable bonds is 6. The van der Waals surface area contributed by atoms with Crippen molar-refractivity contribution in [2.24, 2.45) is 5.73 Å². The second-order valence-electron chi connectivity index (χ2n) is 4.16. The summed E-state index contributed by atoms with van der Waals surface area (Å²) in [4.78, 5) is 11.3. The van der Waals surface area contributed by atoms with Gasteiger partial charge in [-0.1, -0.05) is 17.7 Å². The number of hydrogen-bond acceptors (Lipinski definition) is 4. The van der Waals surface area contributed by atoms with Crippen LogP contribution in [0.15, 0.2) is 29.2 Å². The molecule has 0 bridgehead atoms. The Kier molecular flexibility index (Phi) is 5.31. The molecule has 19 heavy (non-hydrogen) atoms. The van der Waals surface area contributed by atoms with Crippen molar-refractivity contribution in [2.75, 3.05) is 13.2 Å². The number of nitrogens with two attached hydrogens (primary N) is 1. The maximum atomic E-state index is 12.2. The number of aliphatic hydroxyl groups is 1. The molecule has 0 aliphatic rings. The van der Waals surface area contributed by atoms with Crippen LogP contribution in [0.1, 0.15) is 18.4 Å². The van der Waals surface area contributed by atoms with Gasteiger partial charge in [-0.15, -0.1) is 0 Å². The topological polar surface area (TPSA) is 101 Å². The maximum absolute atomic E-state index is 12.2. The summed E-state index contributed by atoms with van der Waals surface area (Å²) in [6.45, 7) is 1.74. The number of amides is 2. The molecule has 7 heteroatoms. The van der Waals surface area contributed by atoms with E-state index in [1.165, 1.54) is 12.1 Å². The van der Waals surface area contributed by atoms with E-state index in [-0.39, 0.29) is 18.0 Å². The van der Waals surface area contributed by atoms with Crippen LogP contribution in [0.5, 0.6) is 0 Å². The Hall–Kier alpha value is -1.60. The molecule has 0 fully saturated rings. The Morgan fingerprint density at radius 2 is 1.84 bits per heavy atom. The van der Waals surface area contributed by atoms with Crippen molar-refractivity contribution in [3.05, 3.63) is 29.8 Å². The van der Waals surface area contributed by atoms with E-state index in [0.29, 0.717) is 17.1 Å². The lowest BCUT2D eigenvalue weighted by Gasteiger charge is -2.20. The number of carbonyl (C=O) groups excluding carboxylic acids is 1. The molecular weight excluding hydrogens is 268 g/mol. The summed E-state index contributed by atoms with van der Waals surface area (Å²) in [5.74, 6) is 0. The standard InChI is InChI=1S/C12H18N2O4S/c1-10-4-6-11(7-5-10)19(17,18)14(12(13)16)8-2-3-9-15/h4-7,15H,2-3,8-9H2,1H3,(H2,13,16). The first-order valence-electron chi connectivity index (χ1n) is 5.89. The Balaban J connectivity index is 2.99. The van der Waals surface area contributed by atoms with E-state index in [4.69, 9.17) is 10.8 Å². The van der Waals surface area contributed by atoms with E-state index in [9.17, 15) is 13.2 Å². The molecule has 0 spiro atoms. The Labute approximate surface area is 112 Å². The van der Waals surface area contributed by atoms with Crippen LogP contribution < -0.4 is 5.73 Å². The predicted octanol–water partition coefficient (Wildman–Crippen LogP) is 0.837. The molecule has 1 aromatic carbocycles. The van der Waals surface area contributed by atoms with Crippen LogP contribution in [-0.2, 0) is 10.0 Å². The first-order valence-corrected chi connectivity index (χ1v) is 7.33. The third-order valence-corrected chi connectivity index (χ3v) is 4.43. The van der Waals surface area contributed by atoms with Crippen molar-refractivity contribution < 1.29 is 18.3 Å². The molecule has 0 unspecified atom stereocenters. The number of urea groups is 1. The summed E-state index contributed by atoms with van der Waals surface area (Å²) in [6.07, 6.45) is 0.776. The summed E-state index contributed by atoms with van der Waals surface area (Å²) in [6, 6.07) is 5.16. The molecule has 0 saturated heterocycles. The van der Waals surface area contributed by atoms with E-state index >= 15 is 0 Å². The average molecular weight is 286 g/mol. The minimum Gasteiger partial charge on any atom is -0.396 e. The largest absolute Gasteiger partial charge is 0.396 e. The number of primary amides is 1. The first kappa shape index (κ1) is 15.5. The van der Waals surface area contributed by atoms with Crippen molar-refractivity contribution in [2.45, 2.75) is 24.7 Å². The number of sulfonamides is 1. The molecule has 0 atom stereocenters. The lowest BCUT2D eigenvalue weighted by Crippen LogP contribution is -2.41. The zero-order chi connectivity index (χ0) is 14.5. The molecule has 0 radical (unpaired) electrons. The Morgan fingerprint density at radius 3 is 2.32 bits per heavy atom. The van der Waals surface area contributed by atoms with E-state index in [1.807, 2.05) is 6.92 Å². The molecule has 6 nitrogen and oxygen atoms in total. The molecule has 106 valence electrons. The van der Waals surface area contributed by atoms with Crippen molar-refractivity contribution in [3.63, 3.8) is 0 Å². The number of hydrogen-bond donors (Lipinski definition) is 2. The summed E-state index contributed by atoms with van der Waals surface area (Å²) >= 11 is 0. The van der Waals surface area contributed by atoms with E-state index in [0.717, 1.165) is 5.56 Å². The summed E-state index contributed by atoms with van der Waals surface area (Å²) < 4.78 is 25.1. The van der Waals surface area contributed by atoms with Gasteiger partial charge in [0, 0.05) is 13.2 Å². The van der Waals surface area contributed by atoms with Crippen LogP contribution in [0.3, 0.4) is 0 Å². The highest BCUT2D eigenvalue weighted by molar-refractivity contribution is 7.89. The number of benzene rings is 1. The third-order valence-electron chi connectivity index (χ3n) is 2.62. The van der Waals surface area contributed by atoms with Gasteiger partial charge in [0.05, 0.1) is 4.90 Å².